The van der Waals surface area contributed by atoms with E-state index in [0.29, 0.717) is 5.69 Å². The summed E-state index contributed by atoms with van der Waals surface area (Å²) in [5.41, 5.74) is 0.183. The van der Waals surface area contributed by atoms with Gasteiger partial charge >= 0.3 is 5.69 Å². The summed E-state index contributed by atoms with van der Waals surface area (Å²) in [5, 5.41) is 13.4. The Morgan fingerprint density at radius 1 is 1.35 bits per heavy atom. The van der Waals surface area contributed by atoms with Crippen LogP contribution in [-0.4, -0.2) is 23.7 Å². The van der Waals surface area contributed by atoms with Gasteiger partial charge in [0.15, 0.2) is 6.61 Å². The monoisotopic (exact) mass is 336 g/mol. The van der Waals surface area contributed by atoms with E-state index in [9.17, 15) is 19.3 Å². The van der Waals surface area contributed by atoms with Crippen LogP contribution in [0.15, 0.2) is 47.4 Å². The molecule has 1 N–H and O–H groups in total. The van der Waals surface area contributed by atoms with E-state index >= 15 is 0 Å². The van der Waals surface area contributed by atoms with Gasteiger partial charge in [0.25, 0.3) is 5.91 Å². The molecule has 2 aromatic rings. The average Bonchev–Trinajstić information content (AvgIpc) is 2.53. The molecule has 0 atom stereocenters. The first kappa shape index (κ1) is 16.8. The Morgan fingerprint density at radius 2 is 2.13 bits per heavy atom. The summed E-state index contributed by atoms with van der Waals surface area (Å²) in [7, 11) is 0. The number of nitro benzene ring substituents is 1. The summed E-state index contributed by atoms with van der Waals surface area (Å²) in [6.45, 7) is -0.464. The molecular weight excluding hydrogens is 323 g/mol. The van der Waals surface area contributed by atoms with Gasteiger partial charge in [-0.2, -0.15) is 0 Å². The molecule has 0 aromatic heterocycles. The minimum absolute atomic E-state index is 0.289. The molecule has 0 aliphatic heterocycles. The van der Waals surface area contributed by atoms with Gasteiger partial charge in [0.1, 0.15) is 5.82 Å². The molecule has 0 spiro atoms. The first-order valence-corrected chi connectivity index (χ1v) is 7.72. The summed E-state index contributed by atoms with van der Waals surface area (Å²) in [6.07, 6.45) is 1.91. The largest absolute Gasteiger partial charge is 0.477 e. The minimum Gasteiger partial charge on any atom is -0.477 e. The Kier molecular flexibility index (Phi) is 5.53. The molecule has 0 bridgehead atoms. The molecule has 2 aromatic carbocycles. The van der Waals surface area contributed by atoms with E-state index in [4.69, 9.17) is 4.74 Å². The molecule has 0 unspecified atom stereocenters. The molecule has 23 heavy (non-hydrogen) atoms. The van der Waals surface area contributed by atoms with Crippen LogP contribution < -0.4 is 10.1 Å². The number of carbonyl (C=O) groups excluding carboxylic acids is 1. The molecule has 120 valence electrons. The van der Waals surface area contributed by atoms with Crippen LogP contribution in [-0.2, 0) is 4.79 Å². The van der Waals surface area contributed by atoms with Gasteiger partial charge in [0.05, 0.1) is 4.92 Å². The standard InChI is InChI=1S/C15H13FN2O4S/c1-23-12-4-2-3-11(8-12)17-15(19)9-22-14-7-10(16)5-6-13(14)18(20)21/h2-8H,9H2,1H3,(H,17,19). The predicted molar refractivity (Wildman–Crippen MR) is 85.4 cm³/mol. The highest BCUT2D eigenvalue weighted by Gasteiger charge is 2.17. The van der Waals surface area contributed by atoms with Gasteiger partial charge in [-0.15, -0.1) is 11.8 Å². The maximum absolute atomic E-state index is 13.2. The van der Waals surface area contributed by atoms with Crippen molar-refractivity contribution in [3.8, 4) is 5.75 Å². The number of anilines is 1. The van der Waals surface area contributed by atoms with Gasteiger partial charge in [-0.1, -0.05) is 6.07 Å². The van der Waals surface area contributed by atoms with E-state index in [1.165, 1.54) is 11.8 Å². The van der Waals surface area contributed by atoms with Crippen molar-refractivity contribution in [2.45, 2.75) is 4.90 Å². The molecule has 8 heteroatoms. The fourth-order valence-corrected chi connectivity index (χ4v) is 2.26. The highest BCUT2D eigenvalue weighted by atomic mass is 32.2. The summed E-state index contributed by atoms with van der Waals surface area (Å²) >= 11 is 1.53. The Hall–Kier alpha value is -2.61. The normalized spacial score (nSPS) is 10.2. The van der Waals surface area contributed by atoms with Crippen molar-refractivity contribution in [2.75, 3.05) is 18.2 Å². The molecule has 0 fully saturated rings. The number of hydrogen-bond acceptors (Lipinski definition) is 5. The highest BCUT2D eigenvalue weighted by Crippen LogP contribution is 2.27. The molecule has 0 heterocycles. The van der Waals surface area contributed by atoms with Crippen molar-refractivity contribution >= 4 is 29.0 Å². The Balaban J connectivity index is 2.02. The van der Waals surface area contributed by atoms with Gasteiger partial charge in [-0.3, -0.25) is 14.9 Å². The van der Waals surface area contributed by atoms with Gasteiger partial charge in [-0.25, -0.2) is 4.39 Å². The zero-order chi connectivity index (χ0) is 16.8. The third kappa shape index (κ3) is 4.68. The lowest BCUT2D eigenvalue weighted by Crippen LogP contribution is -2.20. The van der Waals surface area contributed by atoms with Gasteiger partial charge < -0.3 is 10.1 Å². The van der Waals surface area contributed by atoms with Crippen molar-refractivity contribution in [3.63, 3.8) is 0 Å². The second-order valence-corrected chi connectivity index (χ2v) is 5.32. The van der Waals surface area contributed by atoms with Crippen LogP contribution >= 0.6 is 11.8 Å². The number of hydrogen-bond donors (Lipinski definition) is 1. The smallest absolute Gasteiger partial charge is 0.311 e. The molecule has 6 nitrogen and oxygen atoms in total. The fourth-order valence-electron chi connectivity index (χ4n) is 1.80. The average molecular weight is 336 g/mol. The maximum Gasteiger partial charge on any atom is 0.311 e. The van der Waals surface area contributed by atoms with E-state index in [-0.39, 0.29) is 5.75 Å². The second-order valence-electron chi connectivity index (χ2n) is 4.44. The van der Waals surface area contributed by atoms with E-state index in [1.807, 2.05) is 12.3 Å². The van der Waals surface area contributed by atoms with Crippen LogP contribution in [0.5, 0.6) is 5.75 Å². The minimum atomic E-state index is -0.700. The van der Waals surface area contributed by atoms with Crippen LogP contribution in [0.2, 0.25) is 0 Å². The van der Waals surface area contributed by atoms with Crippen LogP contribution in [0, 0.1) is 15.9 Å². The van der Waals surface area contributed by atoms with Crippen molar-refractivity contribution in [1.29, 1.82) is 0 Å². The van der Waals surface area contributed by atoms with E-state index in [2.05, 4.69) is 5.32 Å². The lowest BCUT2D eigenvalue weighted by Gasteiger charge is -2.08. The zero-order valence-corrected chi connectivity index (χ0v) is 12.9. The van der Waals surface area contributed by atoms with Crippen molar-refractivity contribution < 1.29 is 18.8 Å². The molecule has 0 aliphatic carbocycles. The number of ether oxygens (including phenoxy) is 1. The first-order chi connectivity index (χ1) is 11.0. The molecule has 0 aliphatic rings. The molecule has 2 rings (SSSR count). The Labute approximate surface area is 135 Å². The number of nitrogens with zero attached hydrogens (tertiary/aromatic N) is 1. The molecular formula is C15H13FN2O4S. The lowest BCUT2D eigenvalue weighted by atomic mass is 10.3. The van der Waals surface area contributed by atoms with E-state index in [1.54, 1.807) is 18.2 Å². The van der Waals surface area contributed by atoms with E-state index in [0.717, 1.165) is 23.1 Å². The summed E-state index contributed by atoms with van der Waals surface area (Å²) < 4.78 is 18.2. The number of halogens is 1. The van der Waals surface area contributed by atoms with Gasteiger partial charge in [-0.05, 0) is 30.5 Å². The number of carbonyl (C=O) groups is 1. The lowest BCUT2D eigenvalue weighted by molar-refractivity contribution is -0.385. The number of amides is 1. The number of benzene rings is 2. The second kappa shape index (κ2) is 7.59. The van der Waals surface area contributed by atoms with Crippen LogP contribution in [0.1, 0.15) is 0 Å². The van der Waals surface area contributed by atoms with Crippen molar-refractivity contribution in [1.82, 2.24) is 0 Å². The molecule has 0 saturated heterocycles. The molecule has 0 radical (unpaired) electrons. The van der Waals surface area contributed by atoms with Crippen LogP contribution in [0.25, 0.3) is 0 Å². The molecule has 1 amide bonds. The summed E-state index contributed by atoms with van der Waals surface area (Å²) in [4.78, 5) is 23.0. The predicted octanol–water partition coefficient (Wildman–Crippen LogP) is 3.47. The quantitative estimate of drug-likeness (QED) is 0.496. The van der Waals surface area contributed by atoms with Gasteiger partial charge in [0, 0.05) is 22.7 Å². The topological polar surface area (TPSA) is 81.5 Å². The third-order valence-electron chi connectivity index (χ3n) is 2.83. The number of thioether (sulfide) groups is 1. The fraction of sp³-hybridized carbons (Fsp3) is 0.133. The number of nitrogens with one attached hydrogen (secondary N) is 1. The van der Waals surface area contributed by atoms with Crippen molar-refractivity contribution in [3.05, 3.63) is 58.4 Å². The number of nitro groups is 1. The van der Waals surface area contributed by atoms with E-state index < -0.39 is 28.9 Å². The zero-order valence-electron chi connectivity index (χ0n) is 12.1. The summed E-state index contributed by atoms with van der Waals surface area (Å²) in [5.74, 6) is -1.47. The Morgan fingerprint density at radius 3 is 2.83 bits per heavy atom. The van der Waals surface area contributed by atoms with Crippen molar-refractivity contribution in [2.24, 2.45) is 0 Å². The maximum atomic E-state index is 13.2. The van der Waals surface area contributed by atoms with Crippen LogP contribution in [0.3, 0.4) is 0 Å². The third-order valence-corrected chi connectivity index (χ3v) is 3.56. The van der Waals surface area contributed by atoms with Gasteiger partial charge in [0.2, 0.25) is 5.75 Å². The number of rotatable bonds is 6. The molecule has 0 saturated carbocycles. The summed E-state index contributed by atoms with van der Waals surface area (Å²) in [6, 6.07) is 10.0. The Bertz CT molecular complexity index is 739. The SMILES string of the molecule is CSc1cccc(NC(=O)COc2cc(F)ccc2[N+](=O)[O-])c1. The highest BCUT2D eigenvalue weighted by molar-refractivity contribution is 7.98. The van der Waals surface area contributed by atoms with Crippen LogP contribution in [0.4, 0.5) is 15.8 Å². The first-order valence-electron chi connectivity index (χ1n) is 6.50.